The molecule has 6 nitrogen and oxygen atoms in total. The van der Waals surface area contributed by atoms with Crippen molar-refractivity contribution < 1.29 is 13.3 Å². The molecular formula is C14H9N3O3. The maximum Gasteiger partial charge on any atom is 0.221 e. The van der Waals surface area contributed by atoms with Gasteiger partial charge in [0, 0.05) is 6.07 Å². The molecule has 0 N–H and O–H groups in total. The molecule has 0 bridgehead atoms. The molecule has 0 saturated heterocycles. The van der Waals surface area contributed by atoms with Gasteiger partial charge in [0.25, 0.3) is 0 Å². The summed E-state index contributed by atoms with van der Waals surface area (Å²) in [4.78, 5) is 4.46. The second kappa shape index (κ2) is 4.27. The van der Waals surface area contributed by atoms with Gasteiger partial charge in [-0.2, -0.15) is 4.68 Å². The average Bonchev–Trinajstić information content (AvgIpc) is 3.22. The number of hydrogen-bond acceptors (Lipinski definition) is 5. The van der Waals surface area contributed by atoms with E-state index >= 15 is 0 Å². The van der Waals surface area contributed by atoms with Crippen LogP contribution in [0.3, 0.4) is 0 Å². The van der Waals surface area contributed by atoms with Gasteiger partial charge in [-0.15, -0.1) is 5.10 Å². The van der Waals surface area contributed by atoms with Gasteiger partial charge in [-0.3, -0.25) is 0 Å². The lowest BCUT2D eigenvalue weighted by Crippen LogP contribution is -1.97. The van der Waals surface area contributed by atoms with Gasteiger partial charge in [0.1, 0.15) is 0 Å². The molecule has 4 aromatic heterocycles. The molecule has 0 aromatic carbocycles. The van der Waals surface area contributed by atoms with Crippen molar-refractivity contribution in [2.24, 2.45) is 0 Å². The maximum atomic E-state index is 5.39. The molecule has 0 aliphatic heterocycles. The molecule has 0 fully saturated rings. The molecule has 0 aliphatic carbocycles. The minimum absolute atomic E-state index is 0.470. The Morgan fingerprint density at radius 1 is 0.800 bits per heavy atom. The minimum Gasteiger partial charge on any atom is -0.461 e. The molecule has 4 rings (SSSR count). The third-order valence-electron chi connectivity index (χ3n) is 2.81. The summed E-state index contributed by atoms with van der Waals surface area (Å²) in [6.45, 7) is 0. The average molecular weight is 267 g/mol. The van der Waals surface area contributed by atoms with Gasteiger partial charge >= 0.3 is 0 Å². The summed E-state index contributed by atoms with van der Waals surface area (Å²) in [7, 11) is 0. The second-order valence-corrected chi connectivity index (χ2v) is 4.08. The zero-order chi connectivity index (χ0) is 13.4. The van der Waals surface area contributed by atoms with Crippen LogP contribution < -0.4 is 0 Å². The molecule has 0 unspecified atom stereocenters. The molecular weight excluding hydrogens is 258 g/mol. The molecule has 0 spiro atoms. The van der Waals surface area contributed by atoms with Crippen molar-refractivity contribution in [3.05, 3.63) is 55.2 Å². The van der Waals surface area contributed by atoms with Crippen LogP contribution in [0.4, 0.5) is 0 Å². The summed E-state index contributed by atoms with van der Waals surface area (Å²) < 4.78 is 17.7. The van der Waals surface area contributed by atoms with Crippen molar-refractivity contribution in [3.63, 3.8) is 0 Å². The van der Waals surface area contributed by atoms with E-state index < -0.39 is 0 Å². The van der Waals surface area contributed by atoms with E-state index in [9.17, 15) is 0 Å². The van der Waals surface area contributed by atoms with Crippen molar-refractivity contribution in [2.45, 2.75) is 0 Å². The van der Waals surface area contributed by atoms with Crippen LogP contribution in [0.25, 0.3) is 29.1 Å². The molecule has 98 valence electrons. The Morgan fingerprint density at radius 2 is 1.50 bits per heavy atom. The molecule has 0 amide bonds. The van der Waals surface area contributed by atoms with E-state index in [0.717, 1.165) is 0 Å². The third-order valence-corrected chi connectivity index (χ3v) is 2.81. The lowest BCUT2D eigenvalue weighted by molar-refractivity contribution is 0.516. The van der Waals surface area contributed by atoms with E-state index in [4.69, 9.17) is 13.3 Å². The Balaban J connectivity index is 1.92. The van der Waals surface area contributed by atoms with Crippen LogP contribution in [-0.4, -0.2) is 14.8 Å². The van der Waals surface area contributed by atoms with E-state index in [1.54, 1.807) is 53.8 Å². The predicted molar refractivity (Wildman–Crippen MR) is 69.0 cm³/mol. The van der Waals surface area contributed by atoms with Gasteiger partial charge in [-0.05, 0) is 30.3 Å². The Kier molecular flexibility index (Phi) is 2.32. The predicted octanol–water partition coefficient (Wildman–Crippen LogP) is 3.38. The Bertz CT molecular complexity index is 744. The first-order chi connectivity index (χ1) is 9.92. The summed E-state index contributed by atoms with van der Waals surface area (Å²) in [5.74, 6) is 2.77. The van der Waals surface area contributed by atoms with Crippen molar-refractivity contribution in [2.75, 3.05) is 0 Å². The van der Waals surface area contributed by atoms with E-state index in [2.05, 4.69) is 10.1 Å². The lowest BCUT2D eigenvalue weighted by Gasteiger charge is -1.98. The van der Waals surface area contributed by atoms with Crippen LogP contribution in [0, 0.1) is 0 Å². The molecule has 4 heterocycles. The van der Waals surface area contributed by atoms with Crippen LogP contribution in [0.2, 0.25) is 0 Å². The van der Waals surface area contributed by atoms with Gasteiger partial charge in [0.2, 0.25) is 17.5 Å². The molecule has 0 radical (unpaired) electrons. The highest BCUT2D eigenvalue weighted by Crippen LogP contribution is 2.25. The van der Waals surface area contributed by atoms with E-state index in [-0.39, 0.29) is 0 Å². The summed E-state index contributed by atoms with van der Waals surface area (Å²) in [5, 5.41) is 4.41. The van der Waals surface area contributed by atoms with Crippen molar-refractivity contribution >= 4 is 0 Å². The second-order valence-electron chi connectivity index (χ2n) is 4.08. The standard InChI is InChI=1S/C14H9N3O3/c1-4-10(18-7-1)13-15-14(11-5-2-8-19-11)17(16-13)12-6-3-9-20-12/h1-9H. The van der Waals surface area contributed by atoms with Gasteiger partial charge < -0.3 is 13.3 Å². The van der Waals surface area contributed by atoms with Crippen LogP contribution in [0.1, 0.15) is 0 Å². The van der Waals surface area contributed by atoms with Crippen molar-refractivity contribution in [1.29, 1.82) is 0 Å². The molecule has 4 aromatic rings. The van der Waals surface area contributed by atoms with Crippen molar-refractivity contribution in [1.82, 2.24) is 14.8 Å². The van der Waals surface area contributed by atoms with Crippen LogP contribution >= 0.6 is 0 Å². The number of hydrogen-bond donors (Lipinski definition) is 0. The Labute approximate surface area is 113 Å². The van der Waals surface area contributed by atoms with Gasteiger partial charge in [-0.1, -0.05) is 0 Å². The van der Waals surface area contributed by atoms with Crippen molar-refractivity contribution in [3.8, 4) is 29.1 Å². The SMILES string of the molecule is c1coc(-c2nc(-c3ccco3)n(-c3ccco3)n2)c1. The fourth-order valence-corrected chi connectivity index (χ4v) is 1.93. The zero-order valence-corrected chi connectivity index (χ0v) is 10.3. The number of furan rings is 3. The van der Waals surface area contributed by atoms with E-state index in [1.807, 2.05) is 6.07 Å². The van der Waals surface area contributed by atoms with Crippen LogP contribution in [0.5, 0.6) is 0 Å². The summed E-state index contributed by atoms with van der Waals surface area (Å²) in [6, 6.07) is 10.8. The highest BCUT2D eigenvalue weighted by atomic mass is 16.4. The molecule has 0 aliphatic rings. The quantitative estimate of drug-likeness (QED) is 0.569. The summed E-state index contributed by atoms with van der Waals surface area (Å²) in [5.41, 5.74) is 0. The highest BCUT2D eigenvalue weighted by molar-refractivity contribution is 5.56. The molecule has 0 saturated carbocycles. The Hall–Kier alpha value is -3.02. The fraction of sp³-hybridized carbons (Fsp3) is 0. The Morgan fingerprint density at radius 3 is 2.15 bits per heavy atom. The highest BCUT2D eigenvalue weighted by Gasteiger charge is 2.19. The zero-order valence-electron chi connectivity index (χ0n) is 10.3. The number of nitrogens with zero attached hydrogens (tertiary/aromatic N) is 3. The van der Waals surface area contributed by atoms with Gasteiger partial charge in [0.15, 0.2) is 11.5 Å². The first-order valence-corrected chi connectivity index (χ1v) is 6.00. The maximum absolute atomic E-state index is 5.39. The summed E-state index contributed by atoms with van der Waals surface area (Å²) >= 11 is 0. The van der Waals surface area contributed by atoms with Crippen LogP contribution in [0.15, 0.2) is 68.4 Å². The normalized spacial score (nSPS) is 11.0. The van der Waals surface area contributed by atoms with Crippen LogP contribution in [-0.2, 0) is 0 Å². The first-order valence-electron chi connectivity index (χ1n) is 6.00. The van der Waals surface area contributed by atoms with Gasteiger partial charge in [0.05, 0.1) is 18.8 Å². The lowest BCUT2D eigenvalue weighted by atomic mass is 10.4. The first kappa shape index (κ1) is 10.9. The third kappa shape index (κ3) is 1.66. The van der Waals surface area contributed by atoms with Gasteiger partial charge in [-0.25, -0.2) is 4.98 Å². The number of aromatic nitrogens is 3. The van der Waals surface area contributed by atoms with E-state index in [0.29, 0.717) is 29.1 Å². The number of rotatable bonds is 3. The molecule has 6 heteroatoms. The molecule has 20 heavy (non-hydrogen) atoms. The molecule has 0 atom stereocenters. The monoisotopic (exact) mass is 267 g/mol. The minimum atomic E-state index is 0.470. The topological polar surface area (TPSA) is 70.1 Å². The summed E-state index contributed by atoms with van der Waals surface area (Å²) in [6.07, 6.45) is 4.74. The smallest absolute Gasteiger partial charge is 0.221 e. The fourth-order valence-electron chi connectivity index (χ4n) is 1.93. The van der Waals surface area contributed by atoms with E-state index in [1.165, 1.54) is 0 Å². The largest absolute Gasteiger partial charge is 0.461 e.